The van der Waals surface area contributed by atoms with Crippen LogP contribution in [0.2, 0.25) is 0 Å². The maximum atomic E-state index is 13.2. The number of ketones is 1. The third-order valence-electron chi connectivity index (χ3n) is 6.00. The summed E-state index contributed by atoms with van der Waals surface area (Å²) in [5.74, 6) is 0.885. The van der Waals surface area contributed by atoms with E-state index >= 15 is 0 Å². The summed E-state index contributed by atoms with van der Waals surface area (Å²) in [6.45, 7) is 9.20. The second-order valence-electron chi connectivity index (χ2n) is 8.59. The van der Waals surface area contributed by atoms with E-state index in [1.54, 1.807) is 12.4 Å². The Morgan fingerprint density at radius 1 is 1.16 bits per heavy atom. The summed E-state index contributed by atoms with van der Waals surface area (Å²) in [5, 5.41) is 9.31. The van der Waals surface area contributed by atoms with E-state index in [1.807, 2.05) is 38.2 Å². The average molecular weight is 448 g/mol. The van der Waals surface area contributed by atoms with Crippen molar-refractivity contribution in [1.29, 1.82) is 0 Å². The second kappa shape index (κ2) is 8.90. The number of nitrogens with zero attached hydrogens (tertiary/aromatic N) is 5. The van der Waals surface area contributed by atoms with E-state index in [0.29, 0.717) is 0 Å². The van der Waals surface area contributed by atoms with E-state index in [-0.39, 0.29) is 16.4 Å². The van der Waals surface area contributed by atoms with Crippen LogP contribution in [0, 0.1) is 0 Å². The molecule has 0 N–H and O–H groups in total. The molecular weight excluding hydrogens is 418 g/mol. The third-order valence-corrected chi connectivity index (χ3v) is 7.10. The zero-order chi connectivity index (χ0) is 22.9. The summed E-state index contributed by atoms with van der Waals surface area (Å²) in [4.78, 5) is 19.5. The topological polar surface area (TPSA) is 63.9 Å². The van der Waals surface area contributed by atoms with Gasteiger partial charge in [-0.3, -0.25) is 9.78 Å². The highest BCUT2D eigenvalue weighted by Gasteiger charge is 2.38. The van der Waals surface area contributed by atoms with Crippen molar-refractivity contribution in [2.24, 2.45) is 0 Å². The molecule has 2 aromatic heterocycles. The highest BCUT2D eigenvalue weighted by molar-refractivity contribution is 8.00. The Balaban J connectivity index is 1.58. The number of thioether (sulfide) groups is 1. The standard InChI is InChI=1S/C25H29N5OS/c1-6-15-30-23(18-11-13-26-14-12-18)27-28-24(30)32-17(2)21(31)16-22-25(3,4)19-9-7-8-10-20(19)29(22)5/h7-14,16-17H,6,15H2,1-5H3/b22-16+. The molecule has 1 unspecified atom stereocenters. The molecule has 0 bridgehead atoms. The molecule has 0 amide bonds. The molecule has 0 saturated carbocycles. The fraction of sp³-hybridized carbons (Fsp3) is 0.360. The van der Waals surface area contributed by atoms with E-state index in [9.17, 15) is 4.79 Å². The van der Waals surface area contributed by atoms with E-state index in [2.05, 4.69) is 63.6 Å². The smallest absolute Gasteiger partial charge is 0.192 e. The maximum Gasteiger partial charge on any atom is 0.192 e. The number of likely N-dealkylation sites (N-methyl/N-ethyl adjacent to an activating group) is 1. The Bertz CT molecular complexity index is 1150. The number of aromatic nitrogens is 4. The molecule has 3 heterocycles. The maximum absolute atomic E-state index is 13.2. The monoisotopic (exact) mass is 447 g/mol. The van der Waals surface area contributed by atoms with Gasteiger partial charge >= 0.3 is 0 Å². The molecule has 1 aliphatic rings. The van der Waals surface area contributed by atoms with Crippen molar-refractivity contribution < 1.29 is 4.79 Å². The molecule has 0 radical (unpaired) electrons. The molecule has 32 heavy (non-hydrogen) atoms. The summed E-state index contributed by atoms with van der Waals surface area (Å²) in [6.07, 6.45) is 6.27. The van der Waals surface area contributed by atoms with Gasteiger partial charge in [-0.05, 0) is 37.1 Å². The zero-order valence-electron chi connectivity index (χ0n) is 19.2. The van der Waals surface area contributed by atoms with Gasteiger partial charge in [-0.2, -0.15) is 0 Å². The summed E-state index contributed by atoms with van der Waals surface area (Å²) < 4.78 is 2.10. The molecule has 6 nitrogen and oxygen atoms in total. The lowest BCUT2D eigenvalue weighted by molar-refractivity contribution is -0.114. The predicted octanol–water partition coefficient (Wildman–Crippen LogP) is 5.11. The number of benzene rings is 1. The van der Waals surface area contributed by atoms with Crippen molar-refractivity contribution >= 4 is 23.2 Å². The first-order valence-corrected chi connectivity index (χ1v) is 11.8. The number of carbonyl (C=O) groups is 1. The minimum atomic E-state index is -0.277. The largest absolute Gasteiger partial charge is 0.347 e. The number of rotatable bonds is 7. The van der Waals surface area contributed by atoms with Crippen LogP contribution in [0.4, 0.5) is 5.69 Å². The van der Waals surface area contributed by atoms with Gasteiger partial charge in [-0.25, -0.2) is 0 Å². The van der Waals surface area contributed by atoms with Crippen LogP contribution in [0.25, 0.3) is 11.4 Å². The number of anilines is 1. The van der Waals surface area contributed by atoms with Crippen molar-refractivity contribution in [3.05, 3.63) is 66.1 Å². The number of fused-ring (bicyclic) bond motifs is 1. The molecular formula is C25H29N5OS. The molecule has 1 aliphatic heterocycles. The van der Waals surface area contributed by atoms with E-state index < -0.39 is 0 Å². The van der Waals surface area contributed by atoms with Crippen LogP contribution in [-0.4, -0.2) is 37.8 Å². The van der Waals surface area contributed by atoms with Crippen LogP contribution < -0.4 is 4.90 Å². The van der Waals surface area contributed by atoms with Crippen LogP contribution in [-0.2, 0) is 16.8 Å². The molecule has 0 saturated heterocycles. The fourth-order valence-electron chi connectivity index (χ4n) is 4.24. The van der Waals surface area contributed by atoms with Gasteiger partial charge in [0.05, 0.1) is 5.25 Å². The number of allylic oxidation sites excluding steroid dienone is 2. The first-order chi connectivity index (χ1) is 15.3. The first kappa shape index (κ1) is 22.3. The van der Waals surface area contributed by atoms with E-state index in [4.69, 9.17) is 0 Å². The van der Waals surface area contributed by atoms with E-state index in [1.165, 1.54) is 17.3 Å². The quantitative estimate of drug-likeness (QED) is 0.370. The number of hydrogen-bond acceptors (Lipinski definition) is 6. The molecule has 0 aliphatic carbocycles. The first-order valence-electron chi connectivity index (χ1n) is 10.9. The summed E-state index contributed by atoms with van der Waals surface area (Å²) >= 11 is 1.46. The highest BCUT2D eigenvalue weighted by Crippen LogP contribution is 2.46. The normalized spacial score (nSPS) is 16.9. The molecule has 166 valence electrons. The second-order valence-corrected chi connectivity index (χ2v) is 9.89. The summed E-state index contributed by atoms with van der Waals surface area (Å²) in [7, 11) is 2.03. The Morgan fingerprint density at radius 2 is 1.88 bits per heavy atom. The van der Waals surface area contributed by atoms with Gasteiger partial charge in [0.15, 0.2) is 16.8 Å². The van der Waals surface area contributed by atoms with Gasteiger partial charge in [0.25, 0.3) is 0 Å². The molecule has 1 aromatic carbocycles. The van der Waals surface area contributed by atoms with Crippen molar-refractivity contribution in [2.45, 2.75) is 56.5 Å². The Hall–Kier alpha value is -2.93. The fourth-order valence-corrected chi connectivity index (χ4v) is 5.14. The van der Waals surface area contributed by atoms with Crippen molar-refractivity contribution in [3.8, 4) is 11.4 Å². The molecule has 1 atom stereocenters. The van der Waals surface area contributed by atoms with Gasteiger partial charge in [-0.15, -0.1) is 10.2 Å². The molecule has 0 spiro atoms. The Kier molecular flexibility index (Phi) is 6.20. The van der Waals surface area contributed by atoms with Crippen LogP contribution in [0.15, 0.2) is 65.7 Å². The van der Waals surface area contributed by atoms with Gasteiger partial charge in [0.2, 0.25) is 0 Å². The van der Waals surface area contributed by atoms with Gasteiger partial charge in [0, 0.05) is 54.4 Å². The summed E-state index contributed by atoms with van der Waals surface area (Å²) in [5.41, 5.74) is 4.17. The van der Waals surface area contributed by atoms with Crippen LogP contribution in [0.5, 0.6) is 0 Å². The van der Waals surface area contributed by atoms with Crippen molar-refractivity contribution in [2.75, 3.05) is 11.9 Å². The van der Waals surface area contributed by atoms with Crippen molar-refractivity contribution in [1.82, 2.24) is 19.7 Å². The Labute approximate surface area is 193 Å². The van der Waals surface area contributed by atoms with Gasteiger partial charge in [-0.1, -0.05) is 50.7 Å². The van der Waals surface area contributed by atoms with Gasteiger partial charge < -0.3 is 9.47 Å². The lowest BCUT2D eigenvalue weighted by Gasteiger charge is -2.24. The minimum absolute atomic E-state index is 0.0780. The number of pyridine rings is 1. The molecule has 7 heteroatoms. The van der Waals surface area contributed by atoms with Crippen LogP contribution in [0.1, 0.15) is 39.7 Å². The van der Waals surface area contributed by atoms with Crippen LogP contribution >= 0.6 is 11.8 Å². The number of hydrogen-bond donors (Lipinski definition) is 0. The number of carbonyl (C=O) groups excluding carboxylic acids is 1. The van der Waals surface area contributed by atoms with Crippen molar-refractivity contribution in [3.63, 3.8) is 0 Å². The lowest BCUT2D eigenvalue weighted by Crippen LogP contribution is -2.25. The highest BCUT2D eigenvalue weighted by atomic mass is 32.2. The zero-order valence-corrected chi connectivity index (χ0v) is 20.1. The SMILES string of the molecule is CCCn1c(SC(C)C(=O)/C=C2/N(C)c3ccccc3C2(C)C)nnc1-c1ccncc1. The Morgan fingerprint density at radius 3 is 2.56 bits per heavy atom. The van der Waals surface area contributed by atoms with Gasteiger partial charge in [0.1, 0.15) is 0 Å². The van der Waals surface area contributed by atoms with E-state index in [0.717, 1.165) is 40.9 Å². The average Bonchev–Trinajstić information content (AvgIpc) is 3.27. The number of para-hydroxylation sites is 1. The summed E-state index contributed by atoms with van der Waals surface area (Å²) in [6, 6.07) is 12.2. The van der Waals surface area contributed by atoms with Crippen LogP contribution in [0.3, 0.4) is 0 Å². The molecule has 3 aromatic rings. The predicted molar refractivity (Wildman–Crippen MR) is 130 cm³/mol. The molecule has 0 fully saturated rings. The minimum Gasteiger partial charge on any atom is -0.347 e. The lowest BCUT2D eigenvalue weighted by atomic mass is 9.83. The third kappa shape index (κ3) is 3.97. The molecule has 4 rings (SSSR count).